The van der Waals surface area contributed by atoms with Gasteiger partial charge in [-0.3, -0.25) is 9.36 Å². The Labute approximate surface area is 145 Å². The van der Waals surface area contributed by atoms with E-state index in [-0.39, 0.29) is 5.56 Å². The van der Waals surface area contributed by atoms with Gasteiger partial charge in [0.15, 0.2) is 0 Å². The lowest BCUT2D eigenvalue weighted by atomic mass is 10.0. The zero-order valence-corrected chi connectivity index (χ0v) is 14.7. The second-order valence-corrected chi connectivity index (χ2v) is 6.91. The van der Waals surface area contributed by atoms with Gasteiger partial charge in [-0.1, -0.05) is 0 Å². The number of ether oxygens (including phenoxy) is 1. The second-order valence-electron chi connectivity index (χ2n) is 6.91. The Hall–Kier alpha value is -2.76. The molecule has 0 aliphatic heterocycles. The summed E-state index contributed by atoms with van der Waals surface area (Å²) in [6.07, 6.45) is 4.34. The quantitative estimate of drug-likeness (QED) is 0.742. The summed E-state index contributed by atoms with van der Waals surface area (Å²) in [5.41, 5.74) is 11.3. The first-order valence-corrected chi connectivity index (χ1v) is 8.49. The molecule has 2 aromatic heterocycles. The fraction of sp³-hybridized carbons (Fsp3) is 0.368. The summed E-state index contributed by atoms with van der Waals surface area (Å²) in [6, 6.07) is 6.50. The maximum Gasteiger partial charge on any atom is 0.297 e. The van der Waals surface area contributed by atoms with Crippen molar-refractivity contribution >= 4 is 16.7 Å². The Morgan fingerprint density at radius 3 is 2.68 bits per heavy atom. The third-order valence-corrected chi connectivity index (χ3v) is 4.86. The molecule has 3 aromatic rings. The fourth-order valence-corrected chi connectivity index (χ4v) is 3.32. The molecule has 0 unspecified atom stereocenters. The lowest BCUT2D eigenvalue weighted by Gasteiger charge is -2.10. The molecule has 6 heteroatoms. The second kappa shape index (κ2) is 5.65. The number of aromatic nitrogens is 3. The number of nitrogens with zero attached hydrogens (tertiary/aromatic N) is 3. The van der Waals surface area contributed by atoms with Crippen LogP contribution >= 0.6 is 0 Å². The Morgan fingerprint density at radius 2 is 2.04 bits per heavy atom. The van der Waals surface area contributed by atoms with Gasteiger partial charge < -0.3 is 15.0 Å². The smallest absolute Gasteiger partial charge is 0.297 e. The predicted octanol–water partition coefficient (Wildman–Crippen LogP) is 2.71. The maximum absolute atomic E-state index is 12.0. The number of fused-ring (bicyclic) bond motifs is 1. The van der Waals surface area contributed by atoms with Gasteiger partial charge in [0.2, 0.25) is 0 Å². The molecule has 0 amide bonds. The number of pyridine rings is 1. The van der Waals surface area contributed by atoms with Crippen molar-refractivity contribution in [3.8, 4) is 17.1 Å². The molecule has 0 bridgehead atoms. The maximum atomic E-state index is 12.0. The molecule has 1 fully saturated rings. The van der Waals surface area contributed by atoms with Crippen molar-refractivity contribution in [2.75, 3.05) is 12.8 Å². The van der Waals surface area contributed by atoms with E-state index in [1.807, 2.05) is 25.3 Å². The van der Waals surface area contributed by atoms with E-state index in [4.69, 9.17) is 10.5 Å². The minimum Gasteiger partial charge on any atom is -0.468 e. The van der Waals surface area contributed by atoms with Crippen molar-refractivity contribution < 1.29 is 4.74 Å². The van der Waals surface area contributed by atoms with Gasteiger partial charge in [-0.2, -0.15) is 4.98 Å². The molecular weight excluding hydrogens is 316 g/mol. The molecule has 0 spiro atoms. The fourth-order valence-electron chi connectivity index (χ4n) is 3.32. The largest absolute Gasteiger partial charge is 0.468 e. The van der Waals surface area contributed by atoms with E-state index in [1.165, 1.54) is 12.8 Å². The highest BCUT2D eigenvalue weighted by atomic mass is 16.5. The third-order valence-electron chi connectivity index (χ3n) is 4.86. The number of rotatable bonds is 4. The van der Waals surface area contributed by atoms with Crippen LogP contribution in [0.25, 0.3) is 22.2 Å². The minimum atomic E-state index is 0.0123. The molecule has 1 aromatic carbocycles. The molecule has 0 radical (unpaired) electrons. The van der Waals surface area contributed by atoms with Gasteiger partial charge in [-0.05, 0) is 55.0 Å². The van der Waals surface area contributed by atoms with Gasteiger partial charge in [0, 0.05) is 25.4 Å². The first-order chi connectivity index (χ1) is 12.0. The Balaban J connectivity index is 1.92. The van der Waals surface area contributed by atoms with Crippen molar-refractivity contribution in [3.63, 3.8) is 0 Å². The monoisotopic (exact) mass is 338 g/mol. The average molecular weight is 338 g/mol. The highest BCUT2D eigenvalue weighted by molar-refractivity contribution is 5.93. The SMILES string of the molecule is COc1nc2c(N)cc(-c3cc(C)c(=O)n(C)c3)cc2n1CC1CC1. The number of imidazole rings is 1. The zero-order valence-electron chi connectivity index (χ0n) is 14.7. The molecule has 130 valence electrons. The molecule has 1 aliphatic carbocycles. The number of hydrogen-bond acceptors (Lipinski definition) is 4. The summed E-state index contributed by atoms with van der Waals surface area (Å²) in [6.45, 7) is 2.73. The van der Waals surface area contributed by atoms with Gasteiger partial charge in [-0.15, -0.1) is 0 Å². The highest BCUT2D eigenvalue weighted by Gasteiger charge is 2.25. The van der Waals surface area contributed by atoms with Crippen LogP contribution < -0.4 is 16.0 Å². The topological polar surface area (TPSA) is 75.1 Å². The molecule has 0 atom stereocenters. The van der Waals surface area contributed by atoms with Crippen LogP contribution in [0.3, 0.4) is 0 Å². The van der Waals surface area contributed by atoms with Crippen molar-refractivity contribution in [1.29, 1.82) is 0 Å². The van der Waals surface area contributed by atoms with Crippen molar-refractivity contribution in [1.82, 2.24) is 14.1 Å². The van der Waals surface area contributed by atoms with Gasteiger partial charge in [0.1, 0.15) is 5.52 Å². The predicted molar refractivity (Wildman–Crippen MR) is 98.8 cm³/mol. The average Bonchev–Trinajstić information content (AvgIpc) is 3.33. The number of benzene rings is 1. The summed E-state index contributed by atoms with van der Waals surface area (Å²) in [4.78, 5) is 16.5. The van der Waals surface area contributed by atoms with Crippen LogP contribution in [0.15, 0.2) is 29.2 Å². The van der Waals surface area contributed by atoms with E-state index >= 15 is 0 Å². The third kappa shape index (κ3) is 2.67. The summed E-state index contributed by atoms with van der Waals surface area (Å²) < 4.78 is 9.18. The normalized spacial score (nSPS) is 14.2. The minimum absolute atomic E-state index is 0.0123. The zero-order chi connectivity index (χ0) is 17.7. The van der Waals surface area contributed by atoms with E-state index in [0.717, 1.165) is 28.7 Å². The van der Waals surface area contributed by atoms with Gasteiger partial charge >= 0.3 is 0 Å². The van der Waals surface area contributed by atoms with E-state index < -0.39 is 0 Å². The number of nitrogen functional groups attached to an aromatic ring is 1. The number of methoxy groups -OCH3 is 1. The van der Waals surface area contributed by atoms with Gasteiger partial charge in [0.25, 0.3) is 11.6 Å². The Morgan fingerprint density at radius 1 is 1.28 bits per heavy atom. The molecule has 2 N–H and O–H groups in total. The van der Waals surface area contributed by atoms with Crippen LogP contribution in [0, 0.1) is 12.8 Å². The lowest BCUT2D eigenvalue weighted by molar-refractivity contribution is 0.356. The molecule has 25 heavy (non-hydrogen) atoms. The highest BCUT2D eigenvalue weighted by Crippen LogP contribution is 2.36. The van der Waals surface area contributed by atoms with Crippen LogP contribution in [0.2, 0.25) is 0 Å². The van der Waals surface area contributed by atoms with Gasteiger partial charge in [-0.25, -0.2) is 0 Å². The first-order valence-electron chi connectivity index (χ1n) is 8.49. The van der Waals surface area contributed by atoms with Crippen LogP contribution in [-0.2, 0) is 13.6 Å². The van der Waals surface area contributed by atoms with Gasteiger partial charge in [0.05, 0.1) is 18.3 Å². The first kappa shape index (κ1) is 15.7. The van der Waals surface area contributed by atoms with E-state index in [2.05, 4.69) is 15.6 Å². The summed E-state index contributed by atoms with van der Waals surface area (Å²) in [7, 11) is 3.40. The standard InChI is InChI=1S/C19H22N4O2/c1-11-6-14(10-22(2)18(11)24)13-7-15(20)17-16(8-13)23(9-12-4-5-12)19(21-17)25-3/h6-8,10,12H,4-5,9,20H2,1-3H3. The molecule has 4 rings (SSSR count). The van der Waals surface area contributed by atoms with Crippen LogP contribution in [-0.4, -0.2) is 21.2 Å². The van der Waals surface area contributed by atoms with Crippen LogP contribution in [0.4, 0.5) is 5.69 Å². The molecule has 6 nitrogen and oxygen atoms in total. The lowest BCUT2D eigenvalue weighted by Crippen LogP contribution is -2.18. The summed E-state index contributed by atoms with van der Waals surface area (Å²) >= 11 is 0. The van der Waals surface area contributed by atoms with Crippen molar-refractivity contribution in [2.24, 2.45) is 13.0 Å². The molecular formula is C19H22N4O2. The number of nitrogens with two attached hydrogens (primary N) is 1. The van der Waals surface area contributed by atoms with E-state index in [9.17, 15) is 4.79 Å². The van der Waals surface area contributed by atoms with Crippen LogP contribution in [0.5, 0.6) is 6.01 Å². The molecule has 1 aliphatic rings. The molecule has 0 saturated heterocycles. The Bertz CT molecular complexity index is 1000. The summed E-state index contributed by atoms with van der Waals surface area (Å²) in [5.74, 6) is 0.691. The summed E-state index contributed by atoms with van der Waals surface area (Å²) in [5, 5.41) is 0. The van der Waals surface area contributed by atoms with Crippen molar-refractivity contribution in [2.45, 2.75) is 26.3 Å². The van der Waals surface area contributed by atoms with Crippen LogP contribution in [0.1, 0.15) is 18.4 Å². The van der Waals surface area contributed by atoms with Crippen molar-refractivity contribution in [3.05, 3.63) is 40.3 Å². The number of hydrogen-bond donors (Lipinski definition) is 1. The molecule has 2 heterocycles. The van der Waals surface area contributed by atoms with E-state index in [1.54, 1.807) is 18.7 Å². The number of aryl methyl sites for hydroxylation is 2. The Kier molecular flexibility index (Phi) is 3.56. The number of anilines is 1. The van der Waals surface area contributed by atoms with E-state index in [0.29, 0.717) is 23.2 Å². The molecule has 1 saturated carbocycles.